The smallest absolute Gasteiger partial charge is 0 e. The predicted molar refractivity (Wildman–Crippen MR) is 539 cm³/mol. The molecule has 0 aromatic carbocycles. The molecule has 690 valence electrons. The molecule has 0 rings (SSSR count). The second kappa shape index (κ2) is 1330. The third-order valence-corrected chi connectivity index (χ3v) is 5.38. The molecule has 0 fully saturated rings. The van der Waals surface area contributed by atoms with E-state index in [4.69, 9.17) is 0 Å². The zero-order valence-electron chi connectivity index (χ0n) is 78.0. The van der Waals surface area contributed by atoms with Crippen LogP contribution in [0.25, 0.3) is 0 Å². The molecule has 0 unspecified atom stereocenters. The molecule has 0 aromatic heterocycles. The maximum absolute atomic E-state index is 2.25. The van der Waals surface area contributed by atoms with Gasteiger partial charge in [0.25, 0.3) is 0 Å². The van der Waals surface area contributed by atoms with Gasteiger partial charge in [0.15, 0.2) is 0 Å². The van der Waals surface area contributed by atoms with Crippen molar-refractivity contribution >= 4 is 0 Å². The Kier molecular flexibility index (Phi) is 4120. The first-order valence-electron chi connectivity index (χ1n) is 40.7. The first-order chi connectivity index (χ1) is 42.5. The van der Waals surface area contributed by atoms with Crippen molar-refractivity contribution in [2.75, 3.05) is 0 Å². The fourth-order valence-corrected chi connectivity index (χ4v) is 2.70. The Morgan fingerprint density at radius 2 is 0.190 bits per heavy atom. The summed E-state index contributed by atoms with van der Waals surface area (Å²) in [5.41, 5.74) is 0. The Balaban J connectivity index is -0.00000000782. The van der Waals surface area contributed by atoms with Gasteiger partial charge in [-0.1, -0.05) is 507 Å². The van der Waals surface area contributed by atoms with Gasteiger partial charge in [0.1, 0.15) is 0 Å². The first kappa shape index (κ1) is 310. The van der Waals surface area contributed by atoms with Crippen LogP contribution < -0.4 is 0 Å². The summed E-state index contributed by atoms with van der Waals surface area (Å²) in [6.45, 7) is 122. The molecule has 100 heavy (non-hydrogen) atoms. The molecule has 0 nitrogen and oxygen atoms in total. The molecule has 0 aliphatic carbocycles. The van der Waals surface area contributed by atoms with Crippen LogP contribution in [-0.4, -0.2) is 0 Å². The monoisotopic (exact) mass is 1840 g/mol. The van der Waals surface area contributed by atoms with Gasteiger partial charge in [0.2, 0.25) is 0 Å². The van der Waals surface area contributed by atoms with E-state index in [1.807, 2.05) is 332 Å². The zero-order valence-corrected chi connectivity index (χ0v) is 82.8. The molecule has 0 spiro atoms. The topological polar surface area (TPSA) is 0 Å². The summed E-state index contributed by atoms with van der Waals surface area (Å²) in [6, 6.07) is 0. The van der Waals surface area contributed by atoms with Crippen LogP contribution in [-0.2, 0) is 40.2 Å². The quantitative estimate of drug-likeness (QED) is 0.0842. The third kappa shape index (κ3) is 2120. The van der Waals surface area contributed by atoms with Crippen LogP contribution in [0.1, 0.15) is 620 Å². The predicted octanol–water partition coefficient (Wildman–Crippen LogP) is 47.1. The Bertz CT molecular complexity index is 193. The normalized spacial score (nSPS) is 4.92. The Labute approximate surface area is 706 Å². The fraction of sp³-hybridized carbons (Fsp3) is 0.918. The molecule has 0 bridgehead atoms. The van der Waals surface area contributed by atoms with Crippen molar-refractivity contribution in [2.45, 2.75) is 620 Å². The van der Waals surface area contributed by atoms with Gasteiger partial charge in [-0.25, -0.2) is 38.5 Å². The van der Waals surface area contributed by atoms with Gasteiger partial charge >= 0.3 is 0 Å². The van der Waals surface area contributed by atoms with E-state index in [1.54, 1.807) is 0 Å². The van der Waals surface area contributed by atoms with E-state index in [-0.39, 0.29) is 129 Å². The van der Waals surface area contributed by atoms with Crippen molar-refractivity contribution in [1.29, 1.82) is 0 Å². The summed E-state index contributed by atoms with van der Waals surface area (Å²) in [5, 5.41) is 0. The van der Waals surface area contributed by atoms with Gasteiger partial charge in [-0.3, -0.25) is 0 Å². The second-order valence-corrected chi connectivity index (χ2v) is 9.70. The van der Waals surface area contributed by atoms with Crippen molar-refractivity contribution in [3.8, 4) is 0 Å². The van der Waals surface area contributed by atoms with Gasteiger partial charge in [-0.2, -0.15) is 68.2 Å². The zero-order chi connectivity index (χ0) is 78.4. The van der Waals surface area contributed by atoms with Crippen LogP contribution in [0.3, 0.4) is 0 Å². The Morgan fingerprint density at radius 1 is 0.120 bits per heavy atom. The van der Waals surface area contributed by atoms with Crippen LogP contribution in [0, 0.1) is 51.4 Å². The number of hydrogen-bond donors (Lipinski definition) is 0. The van der Waals surface area contributed by atoms with Gasteiger partial charge in [0, 0.05) is 40.2 Å². The fourth-order valence-electron chi connectivity index (χ4n) is 2.70. The molecule has 0 atom stereocenters. The van der Waals surface area contributed by atoms with Crippen molar-refractivity contribution < 1.29 is 40.2 Å². The van der Waals surface area contributed by atoms with Crippen LogP contribution in [0.4, 0.5) is 0 Å². The summed E-state index contributed by atoms with van der Waals surface area (Å²) in [4.78, 5) is 0. The molecule has 0 heterocycles. The van der Waals surface area contributed by atoms with Crippen molar-refractivity contribution in [2.24, 2.45) is 0 Å². The van der Waals surface area contributed by atoms with Crippen molar-refractivity contribution in [3.63, 3.8) is 0 Å². The van der Waals surface area contributed by atoms with Gasteiger partial charge < -0.3 is 51.4 Å². The van der Waals surface area contributed by atoms with E-state index < -0.39 is 0 Å². The second-order valence-electron chi connectivity index (χ2n) is 9.70. The minimum atomic E-state index is 0. The molecular weight excluding hydrogens is 1560 g/mol. The third-order valence-electron chi connectivity index (χ3n) is 5.38. The maximum Gasteiger partial charge on any atom is 0 e. The molecule has 0 aliphatic rings. The molecule has 2 heteroatoms. The maximum atomic E-state index is 2.25. The van der Waals surface area contributed by atoms with Crippen LogP contribution in [0.5, 0.6) is 0 Å². The SMILES string of the molecule is C.C.C.C.C.C.C.C.C.C.C.C.CC.CC.CC.CC.CC.CC.CC.CC.CC.CC.CC.CC.CC.CC.CC.CC.CC.CC.CC.CC.CC.CC.CC.CC.CCCCCC.CCCCCCC.C[CH-]CCC[CH-]C.C[CH-]CC[CH-]C.C[CH-]CC[CH-]C.C[CH-]CC[CH-]C.[Ir].[Ir]. The van der Waals surface area contributed by atoms with Gasteiger partial charge in [-0.05, 0) is 0 Å². The van der Waals surface area contributed by atoms with Crippen LogP contribution in [0.15, 0.2) is 0 Å². The van der Waals surface area contributed by atoms with Crippen molar-refractivity contribution in [3.05, 3.63) is 51.4 Å². The molecule has 0 amide bonds. The summed E-state index contributed by atoms with van der Waals surface area (Å²) >= 11 is 0. The average molecular weight is 1840 g/mol. The van der Waals surface area contributed by atoms with E-state index in [0.29, 0.717) is 0 Å². The summed E-state index contributed by atoms with van der Waals surface area (Å²) in [7, 11) is 0. The molecule has 0 aliphatic heterocycles. The molecule has 0 N–H and O–H groups in total. The van der Waals surface area contributed by atoms with E-state index in [0.717, 1.165) is 0 Å². The average Bonchev–Trinajstić information content (AvgIpc) is 3.67. The number of unbranched alkanes of at least 4 members (excludes halogenated alkanes) is 20. The van der Waals surface area contributed by atoms with Gasteiger partial charge in [-0.15, -0.1) is 6.42 Å². The molecule has 0 aromatic rings. The molecule has 0 saturated carbocycles. The molecular formula is C98H272Ir2-8. The van der Waals surface area contributed by atoms with E-state index in [1.165, 1.54) is 116 Å². The minimum Gasteiger partial charge on any atom is -0.334 e. The van der Waals surface area contributed by atoms with Crippen LogP contribution in [0.2, 0.25) is 0 Å². The Hall–Kier alpha value is 1.30. The van der Waals surface area contributed by atoms with E-state index in [2.05, 4.69) is 134 Å². The molecule has 2 radical (unpaired) electrons. The Morgan fingerprint density at radius 3 is 0.250 bits per heavy atom. The summed E-state index contributed by atoms with van der Waals surface area (Å²) in [5.74, 6) is 0. The summed E-state index contributed by atoms with van der Waals surface area (Å²) < 4.78 is 0. The summed E-state index contributed by atoms with van der Waals surface area (Å²) in [6.07, 6.45) is 41.3. The largest absolute Gasteiger partial charge is 0.334 e. The van der Waals surface area contributed by atoms with E-state index >= 15 is 0 Å². The van der Waals surface area contributed by atoms with E-state index in [9.17, 15) is 0 Å². The van der Waals surface area contributed by atoms with Crippen molar-refractivity contribution in [1.82, 2.24) is 0 Å². The minimum absolute atomic E-state index is 0. The number of hydrogen-bond acceptors (Lipinski definition) is 0. The first-order valence-corrected chi connectivity index (χ1v) is 40.7. The standard InChI is InChI=1S/C7H16.C7H14.C6H14.3C6H12.24C2H6.12CH4.2Ir/c2*1-3-5-7-6-4-2;4*1-3-5-6-4-2;24*1-2;;;;;;;;;;;;;;/h3-7H2,1-2H3;3-4H,5-7H2,1-2H3;3-6H2,1-2H3;3*3-4H,5-6H2,1-2H3;24*1-2H3;12*1H4;;/q;-2;;3*-2;;;;;;;;;;;;;;;;;;;;;;;;;;;;;;;;;;;;;;. The van der Waals surface area contributed by atoms with Crippen LogP contribution >= 0.6 is 0 Å². The van der Waals surface area contributed by atoms with Gasteiger partial charge in [0.05, 0.1) is 0 Å². The molecule has 0 saturated heterocycles. The number of rotatable bonds is 20.